The molecule has 0 radical (unpaired) electrons. The van der Waals surface area contributed by atoms with Crippen molar-refractivity contribution in [1.29, 1.82) is 0 Å². The Bertz CT molecular complexity index is 825. The summed E-state index contributed by atoms with van der Waals surface area (Å²) in [6.45, 7) is 11.5. The Morgan fingerprint density at radius 3 is 2.81 bits per heavy atom. The molecule has 2 unspecified atom stereocenters. The zero-order chi connectivity index (χ0) is 23.5. The number of hydrogen-bond acceptors (Lipinski definition) is 6. The van der Waals surface area contributed by atoms with Crippen molar-refractivity contribution in [3.63, 3.8) is 0 Å². The Balaban J connectivity index is 1.98. The highest BCUT2D eigenvalue weighted by Crippen LogP contribution is 2.16. The molecular weight excluding hydrogens is 407 g/mol. The lowest BCUT2D eigenvalue weighted by atomic mass is 10.1. The van der Waals surface area contributed by atoms with Crippen molar-refractivity contribution in [1.82, 2.24) is 14.9 Å². The van der Waals surface area contributed by atoms with Crippen LogP contribution in [0.25, 0.3) is 0 Å². The van der Waals surface area contributed by atoms with Crippen LogP contribution in [0.2, 0.25) is 0 Å². The maximum atomic E-state index is 13.5. The van der Waals surface area contributed by atoms with Gasteiger partial charge in [0.15, 0.2) is 0 Å². The lowest BCUT2D eigenvalue weighted by Gasteiger charge is -2.22. The SMILES string of the molecule is C=C/C=C(\C=N/C(C)N1CC[C@@H](F)C1)N(CC)/N=C\C(C)CC(=O)N(C)c1ccccn1. The third-order valence-corrected chi connectivity index (χ3v) is 5.32. The number of anilines is 1. The van der Waals surface area contributed by atoms with Gasteiger partial charge in [-0.3, -0.25) is 24.6 Å². The number of hydrazone groups is 1. The van der Waals surface area contributed by atoms with Crippen molar-refractivity contribution >= 4 is 24.2 Å². The van der Waals surface area contributed by atoms with Crippen molar-refractivity contribution in [2.45, 2.75) is 46.0 Å². The molecule has 174 valence electrons. The number of aromatic nitrogens is 1. The minimum atomic E-state index is -0.770. The molecule has 2 heterocycles. The predicted octanol–water partition coefficient (Wildman–Crippen LogP) is 3.91. The minimum Gasteiger partial charge on any atom is -0.300 e. The number of amides is 1. The maximum absolute atomic E-state index is 13.5. The Labute approximate surface area is 191 Å². The van der Waals surface area contributed by atoms with E-state index >= 15 is 0 Å². The number of halogens is 1. The molecule has 1 amide bonds. The summed E-state index contributed by atoms with van der Waals surface area (Å²) in [7, 11) is 1.72. The Morgan fingerprint density at radius 2 is 2.22 bits per heavy atom. The summed E-state index contributed by atoms with van der Waals surface area (Å²) in [5, 5.41) is 6.38. The van der Waals surface area contributed by atoms with E-state index in [2.05, 4.69) is 21.7 Å². The van der Waals surface area contributed by atoms with Crippen molar-refractivity contribution < 1.29 is 9.18 Å². The van der Waals surface area contributed by atoms with Crippen LogP contribution in [0.3, 0.4) is 0 Å². The molecule has 1 fully saturated rings. The number of carbonyl (C=O) groups excluding carboxylic acids is 1. The largest absolute Gasteiger partial charge is 0.300 e. The summed E-state index contributed by atoms with van der Waals surface area (Å²) < 4.78 is 13.5. The summed E-state index contributed by atoms with van der Waals surface area (Å²) in [6.07, 6.45) is 8.72. The van der Waals surface area contributed by atoms with E-state index < -0.39 is 6.17 Å². The molecule has 1 aliphatic heterocycles. The van der Waals surface area contributed by atoms with Crippen LogP contribution in [-0.2, 0) is 4.79 Å². The smallest absolute Gasteiger partial charge is 0.228 e. The molecule has 1 aromatic heterocycles. The number of alkyl halides is 1. The van der Waals surface area contributed by atoms with Crippen LogP contribution >= 0.6 is 0 Å². The van der Waals surface area contributed by atoms with Crippen LogP contribution in [0.1, 0.15) is 33.6 Å². The fourth-order valence-electron chi connectivity index (χ4n) is 3.35. The summed E-state index contributed by atoms with van der Waals surface area (Å²) in [5.74, 6) is 0.532. The molecule has 7 nitrogen and oxygen atoms in total. The average Bonchev–Trinajstić information content (AvgIpc) is 3.23. The Morgan fingerprint density at radius 1 is 1.44 bits per heavy atom. The van der Waals surface area contributed by atoms with E-state index in [1.165, 1.54) is 0 Å². The first kappa shape index (κ1) is 25.4. The van der Waals surface area contributed by atoms with E-state index in [4.69, 9.17) is 0 Å². The highest BCUT2D eigenvalue weighted by molar-refractivity contribution is 5.93. The minimum absolute atomic E-state index is 0.0280. The molecule has 2 rings (SSSR count). The number of likely N-dealkylation sites (tertiary alicyclic amines) is 1. The van der Waals surface area contributed by atoms with E-state index in [-0.39, 0.29) is 18.0 Å². The van der Waals surface area contributed by atoms with E-state index in [0.717, 1.165) is 5.70 Å². The molecule has 8 heteroatoms. The van der Waals surface area contributed by atoms with Gasteiger partial charge in [-0.2, -0.15) is 5.10 Å². The molecule has 0 aliphatic carbocycles. The molecule has 1 saturated heterocycles. The van der Waals surface area contributed by atoms with Crippen molar-refractivity contribution in [3.05, 3.63) is 48.8 Å². The molecule has 32 heavy (non-hydrogen) atoms. The van der Waals surface area contributed by atoms with Gasteiger partial charge in [0.05, 0.1) is 11.9 Å². The molecule has 0 saturated carbocycles. The van der Waals surface area contributed by atoms with Gasteiger partial charge >= 0.3 is 0 Å². The van der Waals surface area contributed by atoms with Gasteiger partial charge in [0, 0.05) is 57.6 Å². The molecule has 0 spiro atoms. The van der Waals surface area contributed by atoms with Crippen molar-refractivity contribution in [2.24, 2.45) is 16.0 Å². The summed E-state index contributed by atoms with van der Waals surface area (Å²) in [4.78, 5) is 25.0. The van der Waals surface area contributed by atoms with Crippen LogP contribution in [0.15, 0.2) is 58.9 Å². The predicted molar refractivity (Wildman–Crippen MR) is 130 cm³/mol. The van der Waals surface area contributed by atoms with E-state index in [1.54, 1.807) is 42.7 Å². The van der Waals surface area contributed by atoms with E-state index in [0.29, 0.717) is 38.3 Å². The normalized spacial score (nSPS) is 19.4. The second kappa shape index (κ2) is 12.9. The first-order valence-corrected chi connectivity index (χ1v) is 11.1. The zero-order valence-corrected chi connectivity index (χ0v) is 19.6. The summed E-state index contributed by atoms with van der Waals surface area (Å²) in [6, 6.07) is 5.47. The number of nitrogens with zero attached hydrogens (tertiary/aromatic N) is 6. The molecule has 0 aromatic carbocycles. The summed E-state index contributed by atoms with van der Waals surface area (Å²) in [5.41, 5.74) is 0.783. The molecular formula is C24H35FN6O. The maximum Gasteiger partial charge on any atom is 0.228 e. The van der Waals surface area contributed by atoms with Gasteiger partial charge in [-0.25, -0.2) is 9.37 Å². The third-order valence-electron chi connectivity index (χ3n) is 5.32. The second-order valence-corrected chi connectivity index (χ2v) is 7.92. The summed E-state index contributed by atoms with van der Waals surface area (Å²) >= 11 is 0. The molecule has 0 N–H and O–H groups in total. The Hall–Kier alpha value is -2.87. The monoisotopic (exact) mass is 442 g/mol. The first-order chi connectivity index (χ1) is 15.3. The van der Waals surface area contributed by atoms with Gasteiger partial charge in [0.2, 0.25) is 5.91 Å². The standard InChI is InChI=1S/C24H35FN6O/c1-6-10-22(17-27-20(4)30-14-12-21(25)18-30)31(7-2)28-16-19(3)15-24(32)29(5)23-11-8-9-13-26-23/h6,8-11,13,16-17,19-21H,1,7,12,14-15,18H2,2-5H3/b22-10+,27-17-,28-16-/t19?,20?,21-/m1/s1. The van der Waals surface area contributed by atoms with Crippen LogP contribution in [-0.4, -0.2) is 72.2 Å². The molecule has 3 atom stereocenters. The number of rotatable bonds is 11. The molecule has 1 aliphatic rings. The van der Waals surface area contributed by atoms with Crippen LogP contribution in [0, 0.1) is 5.92 Å². The van der Waals surface area contributed by atoms with E-state index in [1.807, 2.05) is 48.9 Å². The fraction of sp³-hybridized carbons (Fsp3) is 0.500. The van der Waals surface area contributed by atoms with Gasteiger partial charge in [-0.1, -0.05) is 25.6 Å². The second-order valence-electron chi connectivity index (χ2n) is 7.92. The molecule has 1 aromatic rings. The fourth-order valence-corrected chi connectivity index (χ4v) is 3.35. The van der Waals surface area contributed by atoms with Crippen LogP contribution < -0.4 is 4.90 Å². The zero-order valence-electron chi connectivity index (χ0n) is 19.6. The van der Waals surface area contributed by atoms with Crippen molar-refractivity contribution in [2.75, 3.05) is 31.6 Å². The van der Waals surface area contributed by atoms with E-state index in [9.17, 15) is 9.18 Å². The highest BCUT2D eigenvalue weighted by Gasteiger charge is 2.25. The number of hydrogen-bond donors (Lipinski definition) is 0. The number of pyridine rings is 1. The van der Waals surface area contributed by atoms with Crippen molar-refractivity contribution in [3.8, 4) is 0 Å². The number of allylic oxidation sites excluding steroid dienone is 3. The average molecular weight is 443 g/mol. The van der Waals surface area contributed by atoms with Gasteiger partial charge in [0.1, 0.15) is 12.0 Å². The topological polar surface area (TPSA) is 64.4 Å². The number of carbonyl (C=O) groups is 1. The lowest BCUT2D eigenvalue weighted by molar-refractivity contribution is -0.118. The lowest BCUT2D eigenvalue weighted by Crippen LogP contribution is -2.30. The van der Waals surface area contributed by atoms with Gasteiger partial charge in [0.25, 0.3) is 0 Å². The third kappa shape index (κ3) is 7.67. The van der Waals surface area contributed by atoms with Gasteiger partial charge in [-0.15, -0.1) is 0 Å². The van der Waals surface area contributed by atoms with Crippen LogP contribution in [0.4, 0.5) is 10.2 Å². The Kier molecular flexibility index (Phi) is 10.2. The quantitative estimate of drug-likeness (QED) is 0.296. The van der Waals surface area contributed by atoms with Gasteiger partial charge in [-0.05, 0) is 38.5 Å². The van der Waals surface area contributed by atoms with Gasteiger partial charge < -0.3 is 0 Å². The highest BCUT2D eigenvalue weighted by atomic mass is 19.1. The first-order valence-electron chi connectivity index (χ1n) is 11.1. The number of aliphatic imine (C=N–C) groups is 1. The molecule has 0 bridgehead atoms. The van der Waals surface area contributed by atoms with Crippen LogP contribution in [0.5, 0.6) is 0 Å².